The van der Waals surface area contributed by atoms with E-state index in [1.165, 1.54) is 12.0 Å². The maximum Gasteiger partial charge on any atom is 0.411 e. The van der Waals surface area contributed by atoms with Gasteiger partial charge in [-0.3, -0.25) is 9.69 Å². The standard InChI is InChI=1S/C13H15NO4/c1-18-12(15)8-9-4-5-11-10(7-9)3-2-6-14(11)13(16)17/h4-5,7H,2-3,6,8H2,1H3,(H,16,17). The van der Waals surface area contributed by atoms with Crippen LogP contribution < -0.4 is 4.90 Å². The van der Waals surface area contributed by atoms with Crippen LogP contribution in [0, 0.1) is 0 Å². The number of amides is 1. The molecule has 1 aromatic carbocycles. The van der Waals surface area contributed by atoms with E-state index in [2.05, 4.69) is 4.74 Å². The molecule has 1 amide bonds. The minimum atomic E-state index is -0.934. The van der Waals surface area contributed by atoms with E-state index in [-0.39, 0.29) is 12.4 Å². The van der Waals surface area contributed by atoms with E-state index >= 15 is 0 Å². The normalized spacial score (nSPS) is 13.9. The maximum absolute atomic E-state index is 11.2. The van der Waals surface area contributed by atoms with Crippen LogP contribution in [0.5, 0.6) is 0 Å². The largest absolute Gasteiger partial charge is 0.469 e. The molecule has 0 spiro atoms. The molecule has 0 saturated carbocycles. The van der Waals surface area contributed by atoms with E-state index in [9.17, 15) is 9.59 Å². The topological polar surface area (TPSA) is 66.8 Å². The Morgan fingerprint density at radius 2 is 2.22 bits per heavy atom. The van der Waals surface area contributed by atoms with Gasteiger partial charge in [0.1, 0.15) is 0 Å². The Bertz CT molecular complexity index is 484. The molecule has 1 aliphatic heterocycles. The summed E-state index contributed by atoms with van der Waals surface area (Å²) in [6.07, 6.45) is 0.933. The smallest absolute Gasteiger partial charge is 0.411 e. The Kier molecular flexibility index (Phi) is 3.50. The molecule has 96 valence electrons. The average molecular weight is 249 g/mol. The number of anilines is 1. The number of methoxy groups -OCH3 is 1. The predicted octanol–water partition coefficient (Wildman–Crippen LogP) is 1.83. The van der Waals surface area contributed by atoms with Gasteiger partial charge in [0.05, 0.1) is 19.2 Å². The first-order valence-electron chi connectivity index (χ1n) is 5.81. The third kappa shape index (κ3) is 2.45. The number of aryl methyl sites for hydroxylation is 1. The number of hydrogen-bond acceptors (Lipinski definition) is 3. The number of hydrogen-bond donors (Lipinski definition) is 1. The SMILES string of the molecule is COC(=O)Cc1ccc2c(c1)CCCN2C(=O)O. The van der Waals surface area contributed by atoms with Gasteiger partial charge in [-0.25, -0.2) is 4.79 Å². The number of rotatable bonds is 2. The molecule has 0 aliphatic carbocycles. The van der Waals surface area contributed by atoms with E-state index < -0.39 is 6.09 Å². The van der Waals surface area contributed by atoms with Crippen LogP contribution in [0.15, 0.2) is 18.2 Å². The molecule has 5 heteroatoms. The number of carbonyl (C=O) groups is 2. The van der Waals surface area contributed by atoms with Gasteiger partial charge in [-0.15, -0.1) is 0 Å². The Morgan fingerprint density at radius 3 is 2.89 bits per heavy atom. The van der Waals surface area contributed by atoms with Crippen molar-refractivity contribution in [2.24, 2.45) is 0 Å². The van der Waals surface area contributed by atoms with Crippen molar-refractivity contribution in [1.29, 1.82) is 0 Å². The van der Waals surface area contributed by atoms with Crippen molar-refractivity contribution in [3.05, 3.63) is 29.3 Å². The number of esters is 1. The summed E-state index contributed by atoms with van der Waals surface area (Å²) in [5.74, 6) is -0.291. The Hall–Kier alpha value is -2.04. The van der Waals surface area contributed by atoms with Gasteiger partial charge in [-0.2, -0.15) is 0 Å². The van der Waals surface area contributed by atoms with Gasteiger partial charge < -0.3 is 9.84 Å². The summed E-state index contributed by atoms with van der Waals surface area (Å²) < 4.78 is 4.61. The lowest BCUT2D eigenvalue weighted by Crippen LogP contribution is -2.34. The molecule has 1 aromatic rings. The van der Waals surface area contributed by atoms with Crippen LogP contribution in [0.2, 0.25) is 0 Å². The molecule has 0 saturated heterocycles. The second-order valence-corrected chi connectivity index (χ2v) is 4.25. The predicted molar refractivity (Wildman–Crippen MR) is 65.9 cm³/mol. The fourth-order valence-corrected chi connectivity index (χ4v) is 2.20. The number of carbonyl (C=O) groups excluding carboxylic acids is 1. The van der Waals surface area contributed by atoms with Crippen LogP contribution in [0.1, 0.15) is 17.5 Å². The summed E-state index contributed by atoms with van der Waals surface area (Å²) in [4.78, 5) is 23.6. The van der Waals surface area contributed by atoms with Crippen LogP contribution >= 0.6 is 0 Å². The molecule has 2 rings (SSSR count). The van der Waals surface area contributed by atoms with Gasteiger partial charge in [0.15, 0.2) is 0 Å². The number of ether oxygens (including phenoxy) is 1. The highest BCUT2D eigenvalue weighted by molar-refractivity contribution is 5.88. The number of nitrogens with zero attached hydrogens (tertiary/aromatic N) is 1. The van der Waals surface area contributed by atoms with E-state index in [0.29, 0.717) is 6.54 Å². The molecular weight excluding hydrogens is 234 g/mol. The molecular formula is C13H15NO4. The highest BCUT2D eigenvalue weighted by Gasteiger charge is 2.22. The molecule has 1 aliphatic rings. The summed E-state index contributed by atoms with van der Waals surface area (Å²) in [6.45, 7) is 0.526. The van der Waals surface area contributed by atoms with Gasteiger partial charge in [0.25, 0.3) is 0 Å². The Labute approximate surface area is 105 Å². The monoisotopic (exact) mass is 249 g/mol. The van der Waals surface area contributed by atoms with Gasteiger partial charge >= 0.3 is 12.1 Å². The van der Waals surface area contributed by atoms with Crippen molar-refractivity contribution >= 4 is 17.7 Å². The van der Waals surface area contributed by atoms with Crippen LogP contribution in [0.25, 0.3) is 0 Å². The van der Waals surface area contributed by atoms with Crippen LogP contribution in [0.3, 0.4) is 0 Å². The zero-order valence-electron chi connectivity index (χ0n) is 10.2. The first kappa shape index (κ1) is 12.4. The van der Waals surface area contributed by atoms with Crippen LogP contribution in [0.4, 0.5) is 10.5 Å². The first-order chi connectivity index (χ1) is 8.61. The molecule has 0 bridgehead atoms. The lowest BCUT2D eigenvalue weighted by atomic mass is 9.98. The van der Waals surface area contributed by atoms with Crippen molar-refractivity contribution in [2.45, 2.75) is 19.3 Å². The lowest BCUT2D eigenvalue weighted by Gasteiger charge is -2.27. The molecule has 1 heterocycles. The fourth-order valence-electron chi connectivity index (χ4n) is 2.20. The van der Waals surface area contributed by atoms with Crippen molar-refractivity contribution in [3.63, 3.8) is 0 Å². The molecule has 0 radical (unpaired) electrons. The highest BCUT2D eigenvalue weighted by atomic mass is 16.5. The number of carboxylic acid groups (broad SMARTS) is 1. The summed E-state index contributed by atoms with van der Waals surface area (Å²) in [6, 6.07) is 5.43. The van der Waals surface area contributed by atoms with Crippen LogP contribution in [-0.2, 0) is 22.4 Å². The summed E-state index contributed by atoms with van der Waals surface area (Å²) in [7, 11) is 1.35. The van der Waals surface area contributed by atoms with E-state index in [1.807, 2.05) is 6.07 Å². The number of benzene rings is 1. The third-order valence-corrected chi connectivity index (χ3v) is 3.07. The summed E-state index contributed by atoms with van der Waals surface area (Å²) >= 11 is 0. The molecule has 18 heavy (non-hydrogen) atoms. The molecule has 0 aromatic heterocycles. The molecule has 0 unspecified atom stereocenters. The zero-order valence-corrected chi connectivity index (χ0v) is 10.2. The Morgan fingerprint density at radius 1 is 1.44 bits per heavy atom. The lowest BCUT2D eigenvalue weighted by molar-refractivity contribution is -0.139. The molecule has 1 N–H and O–H groups in total. The second-order valence-electron chi connectivity index (χ2n) is 4.25. The molecule has 5 nitrogen and oxygen atoms in total. The van der Waals surface area contributed by atoms with Crippen molar-refractivity contribution < 1.29 is 19.4 Å². The van der Waals surface area contributed by atoms with Gasteiger partial charge in [-0.1, -0.05) is 12.1 Å². The Balaban J connectivity index is 2.26. The second kappa shape index (κ2) is 5.08. The van der Waals surface area contributed by atoms with Gasteiger partial charge in [0.2, 0.25) is 0 Å². The van der Waals surface area contributed by atoms with Crippen molar-refractivity contribution in [3.8, 4) is 0 Å². The van der Waals surface area contributed by atoms with Crippen LogP contribution in [-0.4, -0.2) is 30.8 Å². The third-order valence-electron chi connectivity index (χ3n) is 3.07. The summed E-state index contributed by atoms with van der Waals surface area (Å²) in [5, 5.41) is 9.09. The van der Waals surface area contributed by atoms with E-state index in [4.69, 9.17) is 5.11 Å². The minimum absolute atomic E-state index is 0.219. The van der Waals surface area contributed by atoms with Gasteiger partial charge in [-0.05, 0) is 30.0 Å². The maximum atomic E-state index is 11.2. The van der Waals surface area contributed by atoms with Crippen molar-refractivity contribution in [1.82, 2.24) is 0 Å². The van der Waals surface area contributed by atoms with E-state index in [0.717, 1.165) is 29.7 Å². The molecule has 0 atom stereocenters. The van der Waals surface area contributed by atoms with Gasteiger partial charge in [0, 0.05) is 6.54 Å². The van der Waals surface area contributed by atoms with Crippen molar-refractivity contribution in [2.75, 3.05) is 18.6 Å². The minimum Gasteiger partial charge on any atom is -0.469 e. The summed E-state index contributed by atoms with van der Waals surface area (Å²) in [5.41, 5.74) is 2.56. The zero-order chi connectivity index (χ0) is 13.1. The van der Waals surface area contributed by atoms with E-state index in [1.54, 1.807) is 12.1 Å². The highest BCUT2D eigenvalue weighted by Crippen LogP contribution is 2.28. The first-order valence-corrected chi connectivity index (χ1v) is 5.81. The molecule has 0 fully saturated rings. The average Bonchev–Trinajstić information content (AvgIpc) is 2.37. The fraction of sp³-hybridized carbons (Fsp3) is 0.385. The quantitative estimate of drug-likeness (QED) is 0.812. The number of fused-ring (bicyclic) bond motifs is 1.